The predicted octanol–water partition coefficient (Wildman–Crippen LogP) is 2.50. The summed E-state index contributed by atoms with van der Waals surface area (Å²) in [6.07, 6.45) is 5.80. The van der Waals surface area contributed by atoms with E-state index in [2.05, 4.69) is 4.98 Å². The summed E-state index contributed by atoms with van der Waals surface area (Å²) in [6.45, 7) is 1.61. The number of carbonyl (C=O) groups excluding carboxylic acids is 2. The molecular weight excluding hydrogens is 316 g/mol. The van der Waals surface area contributed by atoms with Crippen LogP contribution in [0.4, 0.5) is 0 Å². The van der Waals surface area contributed by atoms with Crippen molar-refractivity contribution >= 4 is 11.9 Å². The second-order valence-electron chi connectivity index (χ2n) is 6.42. The van der Waals surface area contributed by atoms with E-state index in [1.807, 2.05) is 29.2 Å². The molecule has 1 aliphatic rings. The molecule has 5 heteroatoms. The fraction of sp³-hybridized carbons (Fsp3) is 0.350. The van der Waals surface area contributed by atoms with Crippen LogP contribution in [0.1, 0.15) is 27.9 Å². The maximum atomic E-state index is 12.4. The number of benzene rings is 1. The number of rotatable bonds is 5. The quantitative estimate of drug-likeness (QED) is 0.786. The topological polar surface area (TPSA) is 59.5 Å². The Labute approximate surface area is 147 Å². The third-order valence-electron chi connectivity index (χ3n) is 4.64. The van der Waals surface area contributed by atoms with E-state index >= 15 is 0 Å². The smallest absolute Gasteiger partial charge is 0.337 e. The van der Waals surface area contributed by atoms with Gasteiger partial charge in [-0.1, -0.05) is 12.1 Å². The molecule has 1 fully saturated rings. The molecule has 0 aliphatic carbocycles. The molecule has 130 valence electrons. The van der Waals surface area contributed by atoms with Crippen molar-refractivity contribution in [3.8, 4) is 0 Å². The third-order valence-corrected chi connectivity index (χ3v) is 4.64. The van der Waals surface area contributed by atoms with Gasteiger partial charge in [0.25, 0.3) is 0 Å². The maximum absolute atomic E-state index is 12.4. The summed E-state index contributed by atoms with van der Waals surface area (Å²) < 4.78 is 4.71. The highest BCUT2D eigenvalue weighted by molar-refractivity contribution is 5.89. The Bertz CT molecular complexity index is 728. The van der Waals surface area contributed by atoms with Crippen LogP contribution in [0.2, 0.25) is 0 Å². The normalized spacial score (nSPS) is 16.7. The predicted molar refractivity (Wildman–Crippen MR) is 94.1 cm³/mol. The maximum Gasteiger partial charge on any atom is 0.337 e. The van der Waals surface area contributed by atoms with Gasteiger partial charge in [-0.05, 0) is 54.2 Å². The van der Waals surface area contributed by atoms with E-state index in [1.165, 1.54) is 12.7 Å². The molecule has 0 bridgehead atoms. The standard InChI is InChI=1S/C20H22N2O3/c1-25-20(24)18-4-2-15(3-5-18)12-17-8-11-22(14-17)19(23)13-16-6-9-21-10-7-16/h2-7,9-10,17H,8,11-14H2,1H3. The molecule has 1 aromatic heterocycles. The molecule has 1 unspecified atom stereocenters. The van der Waals surface area contributed by atoms with Gasteiger partial charge in [0, 0.05) is 25.5 Å². The van der Waals surface area contributed by atoms with E-state index in [0.717, 1.165) is 31.5 Å². The van der Waals surface area contributed by atoms with Gasteiger partial charge in [-0.15, -0.1) is 0 Å². The van der Waals surface area contributed by atoms with Crippen molar-refractivity contribution in [1.82, 2.24) is 9.88 Å². The minimum absolute atomic E-state index is 0.176. The lowest BCUT2D eigenvalue weighted by atomic mass is 9.98. The molecule has 3 rings (SSSR count). The first-order valence-electron chi connectivity index (χ1n) is 8.49. The zero-order chi connectivity index (χ0) is 17.6. The molecule has 1 amide bonds. The van der Waals surface area contributed by atoms with E-state index in [1.54, 1.807) is 24.5 Å². The van der Waals surface area contributed by atoms with Crippen LogP contribution in [0.5, 0.6) is 0 Å². The fourth-order valence-electron chi connectivity index (χ4n) is 3.24. The summed E-state index contributed by atoms with van der Waals surface area (Å²) in [5.74, 6) is 0.320. The lowest BCUT2D eigenvalue weighted by Crippen LogP contribution is -2.30. The fourth-order valence-corrected chi connectivity index (χ4v) is 3.24. The minimum Gasteiger partial charge on any atom is -0.465 e. The molecule has 0 N–H and O–H groups in total. The lowest BCUT2D eigenvalue weighted by Gasteiger charge is -2.16. The molecule has 0 radical (unpaired) electrons. The number of likely N-dealkylation sites (tertiary alicyclic amines) is 1. The van der Waals surface area contributed by atoms with Crippen molar-refractivity contribution in [1.29, 1.82) is 0 Å². The molecule has 5 nitrogen and oxygen atoms in total. The Hall–Kier alpha value is -2.69. The number of pyridine rings is 1. The van der Waals surface area contributed by atoms with Gasteiger partial charge in [0.05, 0.1) is 19.1 Å². The molecule has 25 heavy (non-hydrogen) atoms. The number of amides is 1. The number of hydrogen-bond acceptors (Lipinski definition) is 4. The molecule has 0 spiro atoms. The van der Waals surface area contributed by atoms with Gasteiger partial charge in [-0.3, -0.25) is 9.78 Å². The number of esters is 1. The Kier molecular flexibility index (Phi) is 5.43. The molecule has 1 atom stereocenters. The van der Waals surface area contributed by atoms with Crippen LogP contribution in [0.25, 0.3) is 0 Å². The number of carbonyl (C=O) groups is 2. The SMILES string of the molecule is COC(=O)c1ccc(CC2CCN(C(=O)Cc3ccncc3)C2)cc1. The largest absolute Gasteiger partial charge is 0.465 e. The van der Waals surface area contributed by atoms with Crippen LogP contribution in [-0.2, 0) is 22.4 Å². The van der Waals surface area contributed by atoms with Crippen LogP contribution in [-0.4, -0.2) is 42.0 Å². The second-order valence-corrected chi connectivity index (χ2v) is 6.42. The van der Waals surface area contributed by atoms with Crippen molar-refractivity contribution in [3.63, 3.8) is 0 Å². The first-order chi connectivity index (χ1) is 12.2. The zero-order valence-electron chi connectivity index (χ0n) is 14.4. The van der Waals surface area contributed by atoms with E-state index in [-0.39, 0.29) is 11.9 Å². The van der Waals surface area contributed by atoms with Crippen LogP contribution < -0.4 is 0 Å². The zero-order valence-corrected chi connectivity index (χ0v) is 14.4. The molecule has 2 aromatic rings. The number of methoxy groups -OCH3 is 1. The van der Waals surface area contributed by atoms with Gasteiger partial charge in [-0.2, -0.15) is 0 Å². The van der Waals surface area contributed by atoms with Crippen molar-refractivity contribution in [2.75, 3.05) is 20.2 Å². The first kappa shape index (κ1) is 17.1. The van der Waals surface area contributed by atoms with Gasteiger partial charge in [0.15, 0.2) is 0 Å². The monoisotopic (exact) mass is 338 g/mol. The number of ether oxygens (including phenoxy) is 1. The molecule has 1 aliphatic heterocycles. The number of aromatic nitrogens is 1. The lowest BCUT2D eigenvalue weighted by molar-refractivity contribution is -0.129. The molecule has 1 saturated heterocycles. The summed E-state index contributed by atoms with van der Waals surface area (Å²) in [7, 11) is 1.38. The van der Waals surface area contributed by atoms with E-state index in [0.29, 0.717) is 17.9 Å². The summed E-state index contributed by atoms with van der Waals surface area (Å²) in [6, 6.07) is 11.3. The van der Waals surface area contributed by atoms with Gasteiger partial charge in [0.1, 0.15) is 0 Å². The van der Waals surface area contributed by atoms with Crippen LogP contribution in [0, 0.1) is 5.92 Å². The van der Waals surface area contributed by atoms with Crippen molar-refractivity contribution in [2.24, 2.45) is 5.92 Å². The summed E-state index contributed by atoms with van der Waals surface area (Å²) in [5.41, 5.74) is 2.75. The van der Waals surface area contributed by atoms with Crippen molar-refractivity contribution in [2.45, 2.75) is 19.3 Å². The van der Waals surface area contributed by atoms with E-state index in [4.69, 9.17) is 4.74 Å². The van der Waals surface area contributed by atoms with Gasteiger partial charge in [0.2, 0.25) is 5.91 Å². The highest BCUT2D eigenvalue weighted by atomic mass is 16.5. The van der Waals surface area contributed by atoms with Gasteiger partial charge < -0.3 is 9.64 Å². The Morgan fingerprint density at radius 2 is 1.84 bits per heavy atom. The van der Waals surface area contributed by atoms with Crippen LogP contribution >= 0.6 is 0 Å². The first-order valence-corrected chi connectivity index (χ1v) is 8.49. The average Bonchev–Trinajstić information content (AvgIpc) is 3.11. The highest BCUT2D eigenvalue weighted by Crippen LogP contribution is 2.22. The molecule has 0 saturated carbocycles. The Morgan fingerprint density at radius 1 is 1.12 bits per heavy atom. The van der Waals surface area contributed by atoms with Crippen LogP contribution in [0.3, 0.4) is 0 Å². The Balaban J connectivity index is 1.52. The van der Waals surface area contributed by atoms with Crippen molar-refractivity contribution in [3.05, 3.63) is 65.5 Å². The Morgan fingerprint density at radius 3 is 2.52 bits per heavy atom. The molecular formula is C20H22N2O3. The molecule has 2 heterocycles. The second kappa shape index (κ2) is 7.92. The summed E-state index contributed by atoms with van der Waals surface area (Å²) >= 11 is 0. The highest BCUT2D eigenvalue weighted by Gasteiger charge is 2.26. The number of hydrogen-bond donors (Lipinski definition) is 0. The number of nitrogens with zero attached hydrogens (tertiary/aromatic N) is 2. The van der Waals surface area contributed by atoms with Gasteiger partial charge >= 0.3 is 5.97 Å². The average molecular weight is 338 g/mol. The van der Waals surface area contributed by atoms with E-state index in [9.17, 15) is 9.59 Å². The third kappa shape index (κ3) is 4.44. The summed E-state index contributed by atoms with van der Waals surface area (Å²) in [4.78, 5) is 29.8. The minimum atomic E-state index is -0.319. The van der Waals surface area contributed by atoms with E-state index < -0.39 is 0 Å². The van der Waals surface area contributed by atoms with Crippen LogP contribution in [0.15, 0.2) is 48.8 Å². The van der Waals surface area contributed by atoms with Crippen molar-refractivity contribution < 1.29 is 14.3 Å². The van der Waals surface area contributed by atoms with Gasteiger partial charge in [-0.25, -0.2) is 4.79 Å². The summed E-state index contributed by atoms with van der Waals surface area (Å²) in [5, 5.41) is 0. The molecule has 1 aromatic carbocycles.